The predicted octanol–water partition coefficient (Wildman–Crippen LogP) is 2.21. The smallest absolute Gasteiger partial charge is 0.115 e. The molecule has 0 unspecified atom stereocenters. The third-order valence-electron chi connectivity index (χ3n) is 2.13. The Morgan fingerprint density at radius 1 is 1.00 bits per heavy atom. The van der Waals surface area contributed by atoms with Crippen molar-refractivity contribution in [2.24, 2.45) is 0 Å². The number of rotatable bonds is 2. The summed E-state index contributed by atoms with van der Waals surface area (Å²) in [6.45, 7) is 0. The Hall–Kier alpha value is -2.21. The van der Waals surface area contributed by atoms with Gasteiger partial charge in [-0.05, 0) is 11.1 Å². The van der Waals surface area contributed by atoms with Gasteiger partial charge in [0.25, 0.3) is 0 Å². The molecule has 3 nitrogen and oxygen atoms in total. The minimum atomic E-state index is 0.450. The van der Waals surface area contributed by atoms with Crippen molar-refractivity contribution >= 4 is 0 Å². The SMILES string of the molecule is N#CCc1ccc(-c2cncnc2)cc1. The van der Waals surface area contributed by atoms with Crippen LogP contribution in [0.2, 0.25) is 0 Å². The van der Waals surface area contributed by atoms with Crippen molar-refractivity contribution in [2.45, 2.75) is 6.42 Å². The standard InChI is InChI=1S/C12H9N3/c13-6-5-10-1-3-11(4-2-10)12-7-14-9-15-8-12/h1-4,7-9H,5H2. The van der Waals surface area contributed by atoms with Gasteiger partial charge in [-0.2, -0.15) is 5.26 Å². The third-order valence-corrected chi connectivity index (χ3v) is 2.13. The van der Waals surface area contributed by atoms with E-state index in [0.717, 1.165) is 16.7 Å². The van der Waals surface area contributed by atoms with Crippen molar-refractivity contribution in [2.75, 3.05) is 0 Å². The van der Waals surface area contributed by atoms with Gasteiger partial charge in [0, 0.05) is 18.0 Å². The number of nitriles is 1. The van der Waals surface area contributed by atoms with Crippen LogP contribution in [0.25, 0.3) is 11.1 Å². The molecular formula is C12H9N3. The van der Waals surface area contributed by atoms with Crippen molar-refractivity contribution in [1.29, 1.82) is 5.26 Å². The Morgan fingerprint density at radius 3 is 2.27 bits per heavy atom. The van der Waals surface area contributed by atoms with E-state index in [0.29, 0.717) is 6.42 Å². The molecule has 15 heavy (non-hydrogen) atoms. The van der Waals surface area contributed by atoms with Crippen LogP contribution in [-0.2, 0) is 6.42 Å². The van der Waals surface area contributed by atoms with E-state index in [9.17, 15) is 0 Å². The first kappa shape index (κ1) is 9.35. The zero-order valence-corrected chi connectivity index (χ0v) is 8.09. The molecule has 0 N–H and O–H groups in total. The van der Waals surface area contributed by atoms with Crippen LogP contribution >= 0.6 is 0 Å². The van der Waals surface area contributed by atoms with Crippen LogP contribution in [0.15, 0.2) is 43.0 Å². The number of aromatic nitrogens is 2. The zero-order valence-electron chi connectivity index (χ0n) is 8.09. The van der Waals surface area contributed by atoms with Crippen LogP contribution in [0.1, 0.15) is 5.56 Å². The Bertz CT molecular complexity index is 468. The van der Waals surface area contributed by atoms with Gasteiger partial charge >= 0.3 is 0 Å². The number of hydrogen-bond donors (Lipinski definition) is 0. The molecule has 1 aromatic heterocycles. The molecule has 0 atom stereocenters. The molecule has 72 valence electrons. The Labute approximate surface area is 88.1 Å². The quantitative estimate of drug-likeness (QED) is 0.738. The summed E-state index contributed by atoms with van der Waals surface area (Å²) in [4.78, 5) is 7.91. The molecule has 0 spiro atoms. The molecule has 0 amide bonds. The Kier molecular flexibility index (Phi) is 2.70. The molecule has 0 fully saturated rings. The van der Waals surface area contributed by atoms with E-state index >= 15 is 0 Å². The summed E-state index contributed by atoms with van der Waals surface area (Å²) in [7, 11) is 0. The van der Waals surface area contributed by atoms with Crippen molar-refractivity contribution in [3.05, 3.63) is 48.5 Å². The molecule has 2 rings (SSSR count). The molecule has 0 saturated heterocycles. The fourth-order valence-electron chi connectivity index (χ4n) is 1.35. The van der Waals surface area contributed by atoms with Crippen molar-refractivity contribution in [1.82, 2.24) is 9.97 Å². The van der Waals surface area contributed by atoms with E-state index in [1.54, 1.807) is 12.4 Å². The molecule has 2 aromatic rings. The number of benzene rings is 1. The summed E-state index contributed by atoms with van der Waals surface area (Å²) in [6, 6.07) is 9.97. The van der Waals surface area contributed by atoms with Crippen LogP contribution in [0.5, 0.6) is 0 Å². The molecule has 0 radical (unpaired) electrons. The summed E-state index contributed by atoms with van der Waals surface area (Å²) in [5.41, 5.74) is 3.08. The Balaban J connectivity index is 2.29. The minimum Gasteiger partial charge on any atom is -0.244 e. The zero-order chi connectivity index (χ0) is 10.5. The summed E-state index contributed by atoms with van der Waals surface area (Å²) < 4.78 is 0. The van der Waals surface area contributed by atoms with Gasteiger partial charge in [0.05, 0.1) is 12.5 Å². The molecule has 0 aliphatic heterocycles. The first-order valence-corrected chi connectivity index (χ1v) is 4.61. The second kappa shape index (κ2) is 4.34. The van der Waals surface area contributed by atoms with E-state index in [1.165, 1.54) is 6.33 Å². The second-order valence-electron chi connectivity index (χ2n) is 3.16. The van der Waals surface area contributed by atoms with E-state index in [1.807, 2.05) is 24.3 Å². The largest absolute Gasteiger partial charge is 0.244 e. The maximum Gasteiger partial charge on any atom is 0.115 e. The van der Waals surface area contributed by atoms with Gasteiger partial charge in [-0.1, -0.05) is 24.3 Å². The molecule has 0 aliphatic rings. The third kappa shape index (κ3) is 2.18. The maximum atomic E-state index is 8.54. The maximum absolute atomic E-state index is 8.54. The highest BCUT2D eigenvalue weighted by molar-refractivity contribution is 5.61. The molecule has 0 saturated carbocycles. The fourth-order valence-corrected chi connectivity index (χ4v) is 1.35. The topological polar surface area (TPSA) is 49.6 Å². The molecule has 0 aliphatic carbocycles. The summed E-state index contributed by atoms with van der Waals surface area (Å²) in [5.74, 6) is 0. The van der Waals surface area contributed by atoms with Crippen molar-refractivity contribution in [3.63, 3.8) is 0 Å². The fraction of sp³-hybridized carbons (Fsp3) is 0.0833. The number of nitrogens with zero attached hydrogens (tertiary/aromatic N) is 3. The molecule has 1 heterocycles. The predicted molar refractivity (Wildman–Crippen MR) is 56.8 cm³/mol. The molecule has 1 aromatic carbocycles. The van der Waals surface area contributed by atoms with Gasteiger partial charge in [-0.15, -0.1) is 0 Å². The lowest BCUT2D eigenvalue weighted by Gasteiger charge is -2.00. The minimum absolute atomic E-state index is 0.450. The van der Waals surface area contributed by atoms with Gasteiger partial charge in [0.2, 0.25) is 0 Å². The van der Waals surface area contributed by atoms with E-state index < -0.39 is 0 Å². The van der Waals surface area contributed by atoms with Crippen LogP contribution in [-0.4, -0.2) is 9.97 Å². The van der Waals surface area contributed by atoms with Crippen molar-refractivity contribution in [3.8, 4) is 17.2 Å². The molecular weight excluding hydrogens is 186 g/mol. The highest BCUT2D eigenvalue weighted by Crippen LogP contribution is 2.17. The van der Waals surface area contributed by atoms with Crippen LogP contribution in [0.3, 0.4) is 0 Å². The highest BCUT2D eigenvalue weighted by atomic mass is 14.8. The first-order chi connectivity index (χ1) is 7.40. The normalized spacial score (nSPS) is 9.53. The Morgan fingerprint density at radius 2 is 1.67 bits per heavy atom. The van der Waals surface area contributed by atoms with Crippen LogP contribution < -0.4 is 0 Å². The molecule has 3 heteroatoms. The van der Waals surface area contributed by atoms with Crippen molar-refractivity contribution < 1.29 is 0 Å². The van der Waals surface area contributed by atoms with Gasteiger partial charge in [0.1, 0.15) is 6.33 Å². The van der Waals surface area contributed by atoms with E-state index in [2.05, 4.69) is 16.0 Å². The van der Waals surface area contributed by atoms with E-state index in [-0.39, 0.29) is 0 Å². The molecule has 0 bridgehead atoms. The van der Waals surface area contributed by atoms with Gasteiger partial charge < -0.3 is 0 Å². The lowest BCUT2D eigenvalue weighted by Crippen LogP contribution is -1.84. The first-order valence-electron chi connectivity index (χ1n) is 4.61. The summed E-state index contributed by atoms with van der Waals surface area (Å²) >= 11 is 0. The highest BCUT2D eigenvalue weighted by Gasteiger charge is 1.97. The van der Waals surface area contributed by atoms with E-state index in [4.69, 9.17) is 5.26 Å². The van der Waals surface area contributed by atoms with Gasteiger partial charge in [-0.25, -0.2) is 9.97 Å². The second-order valence-corrected chi connectivity index (χ2v) is 3.16. The number of hydrogen-bond acceptors (Lipinski definition) is 3. The summed E-state index contributed by atoms with van der Waals surface area (Å²) in [6.07, 6.45) is 5.50. The van der Waals surface area contributed by atoms with Gasteiger partial charge in [-0.3, -0.25) is 0 Å². The monoisotopic (exact) mass is 195 g/mol. The van der Waals surface area contributed by atoms with Gasteiger partial charge in [0.15, 0.2) is 0 Å². The average Bonchev–Trinajstić information content (AvgIpc) is 2.32. The lowest BCUT2D eigenvalue weighted by molar-refractivity contribution is 1.17. The van der Waals surface area contributed by atoms with Crippen LogP contribution in [0, 0.1) is 11.3 Å². The van der Waals surface area contributed by atoms with Crippen LogP contribution in [0.4, 0.5) is 0 Å². The lowest BCUT2D eigenvalue weighted by atomic mass is 10.1. The average molecular weight is 195 g/mol. The summed E-state index contributed by atoms with van der Waals surface area (Å²) in [5, 5.41) is 8.54.